The summed E-state index contributed by atoms with van der Waals surface area (Å²) in [6.07, 6.45) is 0.681. The second-order valence-electron chi connectivity index (χ2n) is 6.54. The normalized spacial score (nSPS) is 10.6. The van der Waals surface area contributed by atoms with Crippen LogP contribution < -0.4 is 0 Å². The molecule has 0 fully saturated rings. The Balaban J connectivity index is 0.000000181. The maximum atomic E-state index is 10.9. The van der Waals surface area contributed by atoms with Crippen molar-refractivity contribution in [3.63, 3.8) is 0 Å². The number of aromatic nitrogens is 2. The number of aldehydes is 1. The number of aliphatic hydroxyl groups excluding tert-OH is 1. The number of rotatable bonds is 4. The van der Waals surface area contributed by atoms with E-state index in [0.29, 0.717) is 71.5 Å². The molecule has 4 aromatic rings. The molecule has 166 valence electrons. The fourth-order valence-corrected chi connectivity index (χ4v) is 4.07. The zero-order chi connectivity index (χ0) is 23.4. The smallest absolute Gasteiger partial charge is 0.155 e. The first-order valence-corrected chi connectivity index (χ1v) is 10.7. The predicted molar refractivity (Wildman–Crippen MR) is 125 cm³/mol. The molecule has 1 N–H and O–H groups in total. The molecule has 0 aliphatic carbocycles. The Hall–Kier alpha value is -2.35. The highest BCUT2D eigenvalue weighted by Gasteiger charge is 2.19. The van der Waals surface area contributed by atoms with Crippen LogP contribution in [-0.2, 0) is 6.61 Å². The van der Waals surface area contributed by atoms with E-state index in [1.165, 1.54) is 0 Å². The molecule has 2 aromatic heterocycles. The molecule has 10 heteroatoms. The molecule has 2 aromatic carbocycles. The summed E-state index contributed by atoms with van der Waals surface area (Å²) in [7, 11) is 0. The van der Waals surface area contributed by atoms with Gasteiger partial charge in [0.1, 0.15) is 22.9 Å². The minimum Gasteiger partial charge on any atom is -0.391 e. The molecule has 0 amide bonds. The third-order valence-electron chi connectivity index (χ3n) is 4.57. The molecule has 0 aliphatic heterocycles. The van der Waals surface area contributed by atoms with Gasteiger partial charge in [-0.2, -0.15) is 0 Å². The summed E-state index contributed by atoms with van der Waals surface area (Å²) in [5, 5.41) is 18.8. The predicted octanol–water partition coefficient (Wildman–Crippen LogP) is 7.22. The number of benzene rings is 2. The molecule has 0 atom stereocenters. The van der Waals surface area contributed by atoms with Gasteiger partial charge in [0.15, 0.2) is 6.29 Å². The van der Waals surface area contributed by atoms with E-state index in [1.807, 2.05) is 0 Å². The monoisotopic (exact) mass is 512 g/mol. The summed E-state index contributed by atoms with van der Waals surface area (Å²) >= 11 is 24.1. The minimum atomic E-state index is -0.160. The number of aryl methyl sites for hydroxylation is 2. The van der Waals surface area contributed by atoms with Crippen LogP contribution in [-0.4, -0.2) is 21.7 Å². The van der Waals surface area contributed by atoms with E-state index in [4.69, 9.17) is 55.4 Å². The maximum Gasteiger partial charge on any atom is 0.155 e. The first-order chi connectivity index (χ1) is 15.3. The average molecular weight is 514 g/mol. The van der Waals surface area contributed by atoms with Gasteiger partial charge < -0.3 is 14.2 Å². The van der Waals surface area contributed by atoms with Crippen molar-refractivity contribution in [1.29, 1.82) is 0 Å². The summed E-state index contributed by atoms with van der Waals surface area (Å²) in [5.41, 5.74) is 2.96. The Kier molecular flexibility index (Phi) is 7.98. The van der Waals surface area contributed by atoms with Gasteiger partial charge in [-0.15, -0.1) is 0 Å². The Morgan fingerprint density at radius 2 is 1.25 bits per heavy atom. The van der Waals surface area contributed by atoms with Gasteiger partial charge >= 0.3 is 0 Å². The highest BCUT2D eigenvalue weighted by atomic mass is 35.5. The van der Waals surface area contributed by atoms with Crippen LogP contribution in [0.1, 0.15) is 27.4 Å². The van der Waals surface area contributed by atoms with Crippen molar-refractivity contribution in [2.45, 2.75) is 20.5 Å². The van der Waals surface area contributed by atoms with E-state index in [2.05, 4.69) is 10.3 Å². The fourth-order valence-electron chi connectivity index (χ4n) is 2.92. The molecule has 32 heavy (non-hydrogen) atoms. The quantitative estimate of drug-likeness (QED) is 0.290. The standard InChI is InChI=1S/C11H9Cl2NO2.C11H7Cl2NO2/c2*1-6-7(5-15)11(14-16-6)10-8(12)3-2-4-9(10)13/h2-4,15H,5H2,1H3;2-5H,1H3. The molecule has 0 saturated heterocycles. The van der Waals surface area contributed by atoms with Crippen LogP contribution in [0.5, 0.6) is 0 Å². The van der Waals surface area contributed by atoms with Crippen LogP contribution in [0, 0.1) is 13.8 Å². The first-order valence-electron chi connectivity index (χ1n) is 9.16. The minimum absolute atomic E-state index is 0.160. The molecule has 0 saturated carbocycles. The SMILES string of the molecule is Cc1onc(-c2c(Cl)cccc2Cl)c1C=O.Cc1onc(-c2c(Cl)cccc2Cl)c1CO. The highest BCUT2D eigenvalue weighted by Crippen LogP contribution is 2.37. The van der Waals surface area contributed by atoms with Gasteiger partial charge in [-0.1, -0.05) is 68.8 Å². The van der Waals surface area contributed by atoms with Crippen LogP contribution in [0.2, 0.25) is 20.1 Å². The summed E-state index contributed by atoms with van der Waals surface area (Å²) in [5.74, 6) is 1.01. The lowest BCUT2D eigenvalue weighted by molar-refractivity contribution is 0.112. The number of hydrogen-bond acceptors (Lipinski definition) is 6. The molecule has 0 aliphatic rings. The van der Waals surface area contributed by atoms with Crippen LogP contribution in [0.15, 0.2) is 45.4 Å². The summed E-state index contributed by atoms with van der Waals surface area (Å²) < 4.78 is 9.98. The van der Waals surface area contributed by atoms with Crippen molar-refractivity contribution in [1.82, 2.24) is 10.3 Å². The fraction of sp³-hybridized carbons (Fsp3) is 0.136. The van der Waals surface area contributed by atoms with Crippen LogP contribution >= 0.6 is 46.4 Å². The number of carbonyl (C=O) groups excluding carboxylic acids is 1. The number of aliphatic hydroxyl groups is 1. The Morgan fingerprint density at radius 3 is 1.72 bits per heavy atom. The van der Waals surface area contributed by atoms with Crippen molar-refractivity contribution in [2.75, 3.05) is 0 Å². The molecular formula is C22H16Cl4N2O4. The number of halogens is 4. The van der Waals surface area contributed by atoms with E-state index in [9.17, 15) is 9.90 Å². The van der Waals surface area contributed by atoms with Gasteiger partial charge in [0.05, 0.1) is 32.3 Å². The molecule has 6 nitrogen and oxygen atoms in total. The van der Waals surface area contributed by atoms with Gasteiger partial charge in [-0.05, 0) is 38.1 Å². The number of nitrogens with zero attached hydrogens (tertiary/aromatic N) is 2. The zero-order valence-corrected chi connectivity index (χ0v) is 19.9. The largest absolute Gasteiger partial charge is 0.391 e. The summed E-state index contributed by atoms with van der Waals surface area (Å²) in [6, 6.07) is 10.3. The Morgan fingerprint density at radius 1 is 0.812 bits per heavy atom. The molecule has 0 radical (unpaired) electrons. The lowest BCUT2D eigenvalue weighted by Gasteiger charge is -2.04. The third kappa shape index (κ3) is 4.85. The van der Waals surface area contributed by atoms with Gasteiger partial charge in [-0.25, -0.2) is 0 Å². The Labute approximate surface area is 203 Å². The van der Waals surface area contributed by atoms with Gasteiger partial charge in [0.25, 0.3) is 0 Å². The molecule has 0 bridgehead atoms. The number of carbonyl (C=O) groups is 1. The number of hydrogen-bond donors (Lipinski definition) is 1. The second kappa shape index (κ2) is 10.5. The maximum absolute atomic E-state index is 10.9. The van der Waals surface area contributed by atoms with Crippen molar-refractivity contribution in [3.05, 3.63) is 79.1 Å². The van der Waals surface area contributed by atoms with E-state index < -0.39 is 0 Å². The summed E-state index contributed by atoms with van der Waals surface area (Å²) in [4.78, 5) is 10.9. The van der Waals surface area contributed by atoms with E-state index in [0.717, 1.165) is 0 Å². The average Bonchev–Trinajstić information content (AvgIpc) is 3.30. The van der Waals surface area contributed by atoms with Crippen molar-refractivity contribution >= 4 is 52.7 Å². The highest BCUT2D eigenvalue weighted by molar-refractivity contribution is 6.39. The van der Waals surface area contributed by atoms with E-state index in [-0.39, 0.29) is 6.61 Å². The van der Waals surface area contributed by atoms with E-state index >= 15 is 0 Å². The van der Waals surface area contributed by atoms with Crippen molar-refractivity contribution in [2.24, 2.45) is 0 Å². The topological polar surface area (TPSA) is 89.4 Å². The van der Waals surface area contributed by atoms with E-state index in [1.54, 1.807) is 50.2 Å². The Bertz CT molecular complexity index is 1230. The molecule has 0 spiro atoms. The molecule has 4 rings (SSSR count). The third-order valence-corrected chi connectivity index (χ3v) is 5.83. The lowest BCUT2D eigenvalue weighted by Crippen LogP contribution is -1.90. The lowest BCUT2D eigenvalue weighted by atomic mass is 10.1. The van der Waals surface area contributed by atoms with Crippen molar-refractivity contribution in [3.8, 4) is 22.5 Å². The summed E-state index contributed by atoms with van der Waals surface area (Å²) in [6.45, 7) is 3.23. The van der Waals surface area contributed by atoms with Crippen LogP contribution in [0.4, 0.5) is 0 Å². The molecule has 2 heterocycles. The van der Waals surface area contributed by atoms with Crippen molar-refractivity contribution < 1.29 is 18.9 Å². The first kappa shape index (κ1) is 24.3. The van der Waals surface area contributed by atoms with Crippen LogP contribution in [0.25, 0.3) is 22.5 Å². The van der Waals surface area contributed by atoms with Gasteiger partial charge in [-0.3, -0.25) is 4.79 Å². The van der Waals surface area contributed by atoms with Gasteiger partial charge in [0, 0.05) is 16.7 Å². The van der Waals surface area contributed by atoms with Gasteiger partial charge in [0.2, 0.25) is 0 Å². The molecular weight excluding hydrogens is 498 g/mol. The zero-order valence-electron chi connectivity index (χ0n) is 16.8. The van der Waals surface area contributed by atoms with Crippen LogP contribution in [0.3, 0.4) is 0 Å². The molecule has 0 unspecified atom stereocenters. The second-order valence-corrected chi connectivity index (χ2v) is 8.17.